The fraction of sp³-hybridized carbons (Fsp3) is 0.308. The fourth-order valence-electron chi connectivity index (χ4n) is 4.19. The molecular weight excluding hydrogens is 503 g/mol. The molecule has 4 rings (SSSR count). The molecule has 1 N–H and O–H groups in total. The summed E-state index contributed by atoms with van der Waals surface area (Å²) in [6.45, 7) is 0.866. The lowest BCUT2D eigenvalue weighted by Crippen LogP contribution is -2.47. The molecular formula is C26H24F3N5O4. The lowest BCUT2D eigenvalue weighted by molar-refractivity contribution is -0.173. The van der Waals surface area contributed by atoms with E-state index in [1.165, 1.54) is 36.2 Å². The van der Waals surface area contributed by atoms with Crippen LogP contribution in [-0.2, 0) is 17.7 Å². The highest BCUT2D eigenvalue weighted by molar-refractivity contribution is 6.13. The van der Waals surface area contributed by atoms with Crippen LogP contribution in [0.2, 0.25) is 0 Å². The summed E-state index contributed by atoms with van der Waals surface area (Å²) < 4.78 is 48.0. The molecule has 1 aliphatic heterocycles. The van der Waals surface area contributed by atoms with Gasteiger partial charge in [0.05, 0.1) is 43.8 Å². The lowest BCUT2D eigenvalue weighted by Gasteiger charge is -2.34. The van der Waals surface area contributed by atoms with Crippen LogP contribution in [0.4, 0.5) is 24.5 Å². The van der Waals surface area contributed by atoms with Crippen molar-refractivity contribution >= 4 is 23.2 Å². The van der Waals surface area contributed by atoms with Gasteiger partial charge in [0.1, 0.15) is 24.1 Å². The van der Waals surface area contributed by atoms with Gasteiger partial charge in [0.2, 0.25) is 0 Å². The Hall–Kier alpha value is -4.37. The number of ether oxygens (including phenoxy) is 2. The number of methoxy groups -OCH3 is 1. The highest BCUT2D eigenvalue weighted by Gasteiger charge is 2.34. The van der Waals surface area contributed by atoms with E-state index >= 15 is 0 Å². The van der Waals surface area contributed by atoms with Crippen LogP contribution in [-0.4, -0.2) is 54.1 Å². The Bertz CT molecular complexity index is 1380. The van der Waals surface area contributed by atoms with E-state index in [0.717, 1.165) is 5.56 Å². The molecule has 0 fully saturated rings. The summed E-state index contributed by atoms with van der Waals surface area (Å²) in [6.07, 6.45) is -2.67. The maximum atomic E-state index is 13.5. The number of nitriles is 1. The number of hydrogen-bond acceptors (Lipinski definition) is 6. The van der Waals surface area contributed by atoms with Crippen LogP contribution in [0.1, 0.15) is 38.9 Å². The number of halogens is 3. The van der Waals surface area contributed by atoms with Gasteiger partial charge >= 0.3 is 6.18 Å². The quantitative estimate of drug-likeness (QED) is 0.440. The zero-order chi connectivity index (χ0) is 27.4. The van der Waals surface area contributed by atoms with Gasteiger partial charge in [-0.2, -0.15) is 23.5 Å². The van der Waals surface area contributed by atoms with Gasteiger partial charge in [-0.3, -0.25) is 14.3 Å². The van der Waals surface area contributed by atoms with Gasteiger partial charge < -0.3 is 19.7 Å². The topological polar surface area (TPSA) is 109 Å². The van der Waals surface area contributed by atoms with Crippen LogP contribution in [0.3, 0.4) is 0 Å². The van der Waals surface area contributed by atoms with E-state index in [-0.39, 0.29) is 41.1 Å². The number of aromatic nitrogens is 2. The Balaban J connectivity index is 1.49. The van der Waals surface area contributed by atoms with Gasteiger partial charge in [-0.25, -0.2) is 0 Å². The van der Waals surface area contributed by atoms with Crippen molar-refractivity contribution < 1.29 is 32.2 Å². The second-order valence-electron chi connectivity index (χ2n) is 8.68. The Morgan fingerprint density at radius 1 is 1.24 bits per heavy atom. The number of anilines is 2. The first-order valence-electron chi connectivity index (χ1n) is 11.6. The smallest absolute Gasteiger partial charge is 0.411 e. The summed E-state index contributed by atoms with van der Waals surface area (Å²) in [6, 6.07) is 13.1. The number of nitrogens with zero attached hydrogens (tertiary/aromatic N) is 4. The summed E-state index contributed by atoms with van der Waals surface area (Å²) in [5.41, 5.74) is 2.21. The highest BCUT2D eigenvalue weighted by atomic mass is 19.4. The highest BCUT2D eigenvalue weighted by Crippen LogP contribution is 2.30. The molecule has 12 heteroatoms. The Morgan fingerprint density at radius 3 is 2.63 bits per heavy atom. The summed E-state index contributed by atoms with van der Waals surface area (Å²) in [5, 5.41) is 16.3. The second kappa shape index (κ2) is 10.9. The third-order valence-electron chi connectivity index (χ3n) is 5.98. The minimum absolute atomic E-state index is 0.0792. The molecule has 1 aliphatic rings. The van der Waals surface area contributed by atoms with Gasteiger partial charge in [0.25, 0.3) is 11.8 Å². The normalized spacial score (nSPS) is 15.1. The molecule has 0 spiro atoms. The number of alkyl halides is 3. The number of benzene rings is 2. The van der Waals surface area contributed by atoms with Crippen LogP contribution >= 0.6 is 0 Å². The third kappa shape index (κ3) is 5.78. The van der Waals surface area contributed by atoms with E-state index < -0.39 is 18.7 Å². The monoisotopic (exact) mass is 527 g/mol. The fourth-order valence-corrected chi connectivity index (χ4v) is 4.19. The molecule has 38 heavy (non-hydrogen) atoms. The molecule has 2 aromatic carbocycles. The molecule has 2 amide bonds. The molecule has 1 unspecified atom stereocenters. The number of rotatable bonds is 8. The summed E-state index contributed by atoms with van der Waals surface area (Å²) >= 11 is 0. The molecule has 1 aromatic heterocycles. The first kappa shape index (κ1) is 26.7. The number of fused-ring (bicyclic) bond motifs is 1. The van der Waals surface area contributed by atoms with E-state index in [2.05, 4.69) is 15.2 Å². The molecule has 9 nitrogen and oxygen atoms in total. The maximum absolute atomic E-state index is 13.5. The molecule has 2 heterocycles. The average Bonchev–Trinajstić information content (AvgIpc) is 3.28. The number of carbonyl (C=O) groups excluding carboxylic acids is 2. The molecule has 0 saturated carbocycles. The molecule has 1 atom stereocenters. The summed E-state index contributed by atoms with van der Waals surface area (Å²) in [7, 11) is 1.42. The van der Waals surface area contributed by atoms with Gasteiger partial charge in [0, 0.05) is 11.3 Å². The Labute approximate surface area is 216 Å². The molecule has 3 aromatic rings. The van der Waals surface area contributed by atoms with Crippen molar-refractivity contribution in [3.05, 3.63) is 71.0 Å². The predicted molar refractivity (Wildman–Crippen MR) is 131 cm³/mol. The van der Waals surface area contributed by atoms with Gasteiger partial charge in [-0.1, -0.05) is 12.1 Å². The molecule has 0 bridgehead atoms. The van der Waals surface area contributed by atoms with Crippen LogP contribution in [0.5, 0.6) is 5.75 Å². The molecule has 0 aliphatic carbocycles. The minimum atomic E-state index is -4.37. The molecule has 0 radical (unpaired) electrons. The third-order valence-corrected chi connectivity index (χ3v) is 5.98. The average molecular weight is 528 g/mol. The Kier molecular flexibility index (Phi) is 7.68. The van der Waals surface area contributed by atoms with E-state index in [1.807, 2.05) is 13.0 Å². The predicted octanol–water partition coefficient (Wildman–Crippen LogP) is 4.19. The van der Waals surface area contributed by atoms with E-state index in [4.69, 9.17) is 4.74 Å². The zero-order valence-corrected chi connectivity index (χ0v) is 20.6. The Morgan fingerprint density at radius 2 is 1.97 bits per heavy atom. The first-order valence-corrected chi connectivity index (χ1v) is 11.6. The summed E-state index contributed by atoms with van der Waals surface area (Å²) in [4.78, 5) is 28.0. The van der Waals surface area contributed by atoms with Crippen molar-refractivity contribution in [3.8, 4) is 11.8 Å². The van der Waals surface area contributed by atoms with E-state index in [9.17, 15) is 28.0 Å². The van der Waals surface area contributed by atoms with Crippen LogP contribution < -0.4 is 15.0 Å². The molecule has 198 valence electrons. The van der Waals surface area contributed by atoms with Crippen molar-refractivity contribution in [1.82, 2.24) is 9.78 Å². The van der Waals surface area contributed by atoms with Gasteiger partial charge in [-0.05, 0) is 49.2 Å². The largest absolute Gasteiger partial charge is 0.495 e. The van der Waals surface area contributed by atoms with E-state index in [1.54, 1.807) is 29.2 Å². The van der Waals surface area contributed by atoms with Crippen LogP contribution in [0.25, 0.3) is 0 Å². The van der Waals surface area contributed by atoms with Crippen molar-refractivity contribution in [2.24, 2.45) is 0 Å². The maximum Gasteiger partial charge on any atom is 0.411 e. The van der Waals surface area contributed by atoms with Crippen LogP contribution in [0, 0.1) is 11.3 Å². The number of hydrogen-bond donors (Lipinski definition) is 1. The number of nitrogens with one attached hydrogen (secondary N) is 1. The SMILES string of the molecule is COc1ccc(C(=O)Nc2cnn3c2C(=O)N(c2ccc(CCOCC(F)(F)F)cc2)C(C)C3)cc1C#N. The van der Waals surface area contributed by atoms with Crippen molar-refractivity contribution in [2.75, 3.05) is 30.5 Å². The molecule has 0 saturated heterocycles. The lowest BCUT2D eigenvalue weighted by atomic mass is 10.1. The standard InChI is InChI=1S/C26H24F3N5O4/c1-16-14-33-23(21(13-31-33)32-24(35)18-5-8-22(37-2)19(11-18)12-30)25(36)34(16)20-6-3-17(4-7-20)9-10-38-15-26(27,28)29/h3-8,11,13,16H,9-10,14-15H2,1-2H3,(H,32,35). The van der Waals surface area contributed by atoms with Crippen molar-refractivity contribution in [3.63, 3.8) is 0 Å². The minimum Gasteiger partial charge on any atom is -0.495 e. The number of carbonyl (C=O) groups is 2. The van der Waals surface area contributed by atoms with Crippen molar-refractivity contribution in [2.45, 2.75) is 32.1 Å². The number of amides is 2. The van der Waals surface area contributed by atoms with Gasteiger partial charge in [-0.15, -0.1) is 0 Å². The second-order valence-corrected chi connectivity index (χ2v) is 8.68. The zero-order valence-electron chi connectivity index (χ0n) is 20.6. The van der Waals surface area contributed by atoms with Gasteiger partial charge in [0.15, 0.2) is 0 Å². The van der Waals surface area contributed by atoms with Crippen LogP contribution in [0.15, 0.2) is 48.7 Å². The summed E-state index contributed by atoms with van der Waals surface area (Å²) in [5.74, 6) is -0.549. The van der Waals surface area contributed by atoms with Crippen molar-refractivity contribution in [1.29, 1.82) is 5.26 Å². The van der Waals surface area contributed by atoms with E-state index in [0.29, 0.717) is 24.4 Å². The first-order chi connectivity index (χ1) is 18.1.